The van der Waals surface area contributed by atoms with Crippen LogP contribution in [0.2, 0.25) is 0 Å². The number of hydrogen-bond acceptors (Lipinski definition) is 4. The number of nitrogens with two attached hydrogens (primary N) is 1. The SMILES string of the molecule is Nc1nccn2c(C3CCC3)nc(-c3ccc(C(=O)C4=ICC=CC=C4)cc3F)c12. The number of allylic oxidation sites excluding steroid dienone is 4. The highest BCUT2D eigenvalue weighted by molar-refractivity contribution is 14.2. The Morgan fingerprint density at radius 2 is 2.13 bits per heavy atom. The molecule has 152 valence electrons. The number of aromatic nitrogens is 3. The minimum absolute atomic E-state index is 0.0979. The lowest BCUT2D eigenvalue weighted by molar-refractivity contribution is 0.106. The second-order valence-electron chi connectivity index (χ2n) is 7.42. The van der Waals surface area contributed by atoms with Crippen LogP contribution in [0.5, 0.6) is 0 Å². The van der Waals surface area contributed by atoms with Crippen molar-refractivity contribution in [3.8, 4) is 11.3 Å². The molecule has 2 aromatic heterocycles. The van der Waals surface area contributed by atoms with Gasteiger partial charge >= 0.3 is 0 Å². The molecule has 0 unspecified atom stereocenters. The Hall–Kier alpha value is -2.68. The molecule has 0 amide bonds. The molecule has 0 atom stereocenters. The summed E-state index contributed by atoms with van der Waals surface area (Å²) in [5.41, 5.74) is 7.96. The number of benzene rings is 1. The molecule has 3 heterocycles. The Labute approximate surface area is 183 Å². The molecule has 3 aromatic rings. The van der Waals surface area contributed by atoms with E-state index in [9.17, 15) is 4.79 Å². The highest BCUT2D eigenvalue weighted by Gasteiger charge is 2.27. The van der Waals surface area contributed by atoms with Crippen LogP contribution in [0.1, 0.15) is 41.4 Å². The van der Waals surface area contributed by atoms with Crippen molar-refractivity contribution in [2.45, 2.75) is 25.2 Å². The first-order chi connectivity index (χ1) is 14.6. The van der Waals surface area contributed by atoms with E-state index in [1.54, 1.807) is 18.3 Å². The first-order valence-electron chi connectivity index (χ1n) is 9.90. The van der Waals surface area contributed by atoms with Gasteiger partial charge in [-0.05, 0) is 31.1 Å². The van der Waals surface area contributed by atoms with Crippen LogP contribution >= 0.6 is 20.7 Å². The number of Topliss-reactive ketones (excluding diaryl/α,β-unsaturated/α-hetero) is 1. The number of fused-ring (bicyclic) bond motifs is 1. The Kier molecular flexibility index (Phi) is 5.06. The molecular formula is C23H20FIN4O. The van der Waals surface area contributed by atoms with Crippen LogP contribution in [0, 0.1) is 5.82 Å². The molecule has 0 spiro atoms. The number of anilines is 1. The number of carbonyl (C=O) groups excluding carboxylic acids is 1. The van der Waals surface area contributed by atoms with Gasteiger partial charge in [0.25, 0.3) is 0 Å². The van der Waals surface area contributed by atoms with E-state index < -0.39 is 26.5 Å². The number of rotatable bonds is 4. The van der Waals surface area contributed by atoms with E-state index in [1.165, 1.54) is 12.5 Å². The number of nitrogens with zero attached hydrogens (tertiary/aromatic N) is 3. The normalized spacial score (nSPS) is 16.6. The van der Waals surface area contributed by atoms with Crippen molar-refractivity contribution in [1.82, 2.24) is 14.4 Å². The third-order valence-electron chi connectivity index (χ3n) is 5.58. The van der Waals surface area contributed by atoms with Crippen LogP contribution in [-0.4, -0.2) is 28.1 Å². The Bertz CT molecular complexity index is 1250. The quantitative estimate of drug-likeness (QED) is 0.308. The van der Waals surface area contributed by atoms with E-state index in [-0.39, 0.29) is 5.78 Å². The number of imidazole rings is 1. The number of hydrogen-bond donors (Lipinski definition) is 1. The lowest BCUT2D eigenvalue weighted by atomic mass is 9.85. The summed E-state index contributed by atoms with van der Waals surface area (Å²) in [6.07, 6.45) is 14.5. The largest absolute Gasteiger partial charge is 0.382 e. The Morgan fingerprint density at radius 3 is 2.90 bits per heavy atom. The maximum atomic E-state index is 15.2. The van der Waals surface area contributed by atoms with Crippen molar-refractivity contribution in [3.63, 3.8) is 0 Å². The van der Waals surface area contributed by atoms with Gasteiger partial charge in [0.05, 0.1) is 3.51 Å². The fourth-order valence-corrected chi connectivity index (χ4v) is 5.94. The molecule has 30 heavy (non-hydrogen) atoms. The highest BCUT2D eigenvalue weighted by atomic mass is 127. The average Bonchev–Trinajstić information content (AvgIpc) is 2.88. The molecule has 1 aliphatic heterocycles. The van der Waals surface area contributed by atoms with Gasteiger partial charge in [-0.15, -0.1) is 20.7 Å². The Balaban J connectivity index is 1.58. The number of nitrogen functional groups attached to an aromatic ring is 1. The van der Waals surface area contributed by atoms with Crippen LogP contribution < -0.4 is 5.73 Å². The van der Waals surface area contributed by atoms with Gasteiger partial charge in [0.1, 0.15) is 28.7 Å². The molecule has 0 radical (unpaired) electrons. The summed E-state index contributed by atoms with van der Waals surface area (Å²) in [4.78, 5) is 21.8. The summed E-state index contributed by atoms with van der Waals surface area (Å²) in [6, 6.07) is 4.64. The van der Waals surface area contributed by atoms with Crippen molar-refractivity contribution >= 4 is 41.4 Å². The minimum atomic E-state index is -0.473. The maximum absolute atomic E-state index is 15.2. The van der Waals surface area contributed by atoms with Gasteiger partial charge < -0.3 is 5.73 Å². The van der Waals surface area contributed by atoms with Crippen molar-refractivity contribution in [2.24, 2.45) is 0 Å². The molecular weight excluding hydrogens is 494 g/mol. The predicted molar refractivity (Wildman–Crippen MR) is 126 cm³/mol. The third-order valence-corrected chi connectivity index (χ3v) is 8.20. The molecule has 2 aliphatic rings. The van der Waals surface area contributed by atoms with Gasteiger partial charge in [-0.3, -0.25) is 9.20 Å². The number of alkyl halides is 1. The van der Waals surface area contributed by atoms with Crippen molar-refractivity contribution < 1.29 is 9.18 Å². The monoisotopic (exact) mass is 514 g/mol. The molecule has 1 fully saturated rings. The molecule has 0 bridgehead atoms. The molecule has 0 saturated heterocycles. The van der Waals surface area contributed by atoms with Crippen LogP contribution in [0.15, 0.2) is 54.9 Å². The fraction of sp³-hybridized carbons (Fsp3) is 0.217. The average molecular weight is 514 g/mol. The van der Waals surface area contributed by atoms with Gasteiger partial charge in [-0.2, -0.15) is 0 Å². The molecule has 5 nitrogen and oxygen atoms in total. The van der Waals surface area contributed by atoms with E-state index in [0.717, 1.165) is 26.6 Å². The topological polar surface area (TPSA) is 73.3 Å². The summed E-state index contributed by atoms with van der Waals surface area (Å²) in [7, 11) is 0. The second-order valence-corrected chi connectivity index (χ2v) is 10.2. The summed E-state index contributed by atoms with van der Waals surface area (Å²) >= 11 is -0.405. The molecule has 1 aromatic carbocycles. The standard InChI is InChI=1S/C23H20FIN4O/c24-17-13-15(21(30)18-7-2-1-3-10-25-18)8-9-16(17)19-20-22(26)27-11-12-29(20)23(28-19)14-5-4-6-14/h1-3,7-9,11-14H,4-6,10H2,(H2,26,27). The number of ketones is 1. The van der Waals surface area contributed by atoms with E-state index in [0.29, 0.717) is 34.1 Å². The predicted octanol–water partition coefficient (Wildman–Crippen LogP) is 4.84. The van der Waals surface area contributed by atoms with Crippen LogP contribution in [-0.2, 0) is 0 Å². The van der Waals surface area contributed by atoms with Crippen molar-refractivity contribution in [1.29, 1.82) is 0 Å². The van der Waals surface area contributed by atoms with E-state index >= 15 is 4.39 Å². The summed E-state index contributed by atoms with van der Waals surface area (Å²) in [6.45, 7) is 0. The van der Waals surface area contributed by atoms with Crippen LogP contribution in [0.3, 0.4) is 0 Å². The molecule has 1 aliphatic carbocycles. The zero-order valence-corrected chi connectivity index (χ0v) is 18.3. The van der Waals surface area contributed by atoms with Crippen LogP contribution in [0.25, 0.3) is 16.8 Å². The van der Waals surface area contributed by atoms with Crippen LogP contribution in [0.4, 0.5) is 10.2 Å². The zero-order valence-electron chi connectivity index (χ0n) is 16.2. The zero-order chi connectivity index (χ0) is 20.7. The van der Waals surface area contributed by atoms with Crippen molar-refractivity contribution in [3.05, 3.63) is 72.1 Å². The lowest BCUT2D eigenvalue weighted by Gasteiger charge is -2.23. The first-order valence-corrected chi connectivity index (χ1v) is 12.5. The van der Waals surface area contributed by atoms with Gasteiger partial charge in [-0.25, -0.2) is 14.4 Å². The fourth-order valence-electron chi connectivity index (χ4n) is 3.79. The number of carbonyl (C=O) groups is 1. The molecule has 1 saturated carbocycles. The van der Waals surface area contributed by atoms with E-state index in [4.69, 9.17) is 10.7 Å². The molecule has 7 heteroatoms. The summed E-state index contributed by atoms with van der Waals surface area (Å²) in [5.74, 6) is 1.00. The van der Waals surface area contributed by atoms with Gasteiger partial charge in [0, 0.05) is 33.9 Å². The highest BCUT2D eigenvalue weighted by Crippen LogP contribution is 2.39. The minimum Gasteiger partial charge on any atom is -0.382 e. The summed E-state index contributed by atoms with van der Waals surface area (Å²) < 4.78 is 18.8. The van der Waals surface area contributed by atoms with Gasteiger partial charge in [0.15, 0.2) is 5.78 Å². The van der Waals surface area contributed by atoms with Gasteiger partial charge in [-0.1, -0.05) is 30.7 Å². The van der Waals surface area contributed by atoms with E-state index in [2.05, 4.69) is 11.1 Å². The Morgan fingerprint density at radius 1 is 1.27 bits per heavy atom. The second kappa shape index (κ2) is 7.86. The lowest BCUT2D eigenvalue weighted by Crippen LogP contribution is -2.12. The maximum Gasteiger partial charge on any atom is 0.198 e. The third kappa shape index (κ3) is 3.30. The number of halogens is 2. The smallest absolute Gasteiger partial charge is 0.198 e. The molecule has 5 rings (SSSR count). The summed E-state index contributed by atoms with van der Waals surface area (Å²) in [5, 5.41) is 0. The molecule has 2 N–H and O–H groups in total. The van der Waals surface area contributed by atoms with Crippen molar-refractivity contribution in [2.75, 3.05) is 10.2 Å². The first kappa shape index (κ1) is 19.3. The van der Waals surface area contributed by atoms with Gasteiger partial charge in [0.2, 0.25) is 0 Å². The van der Waals surface area contributed by atoms with E-state index in [1.807, 2.05) is 28.8 Å².